The Morgan fingerprint density at radius 2 is 1.94 bits per heavy atom. The molecule has 0 aliphatic heterocycles. The Kier molecular flexibility index (Phi) is 2.99. The van der Waals surface area contributed by atoms with Gasteiger partial charge in [0.15, 0.2) is 0 Å². The molecule has 0 amide bonds. The summed E-state index contributed by atoms with van der Waals surface area (Å²) in [5, 5.41) is 9.02. The molecule has 86 valence electrons. The van der Waals surface area contributed by atoms with Gasteiger partial charge < -0.3 is 5.11 Å². The van der Waals surface area contributed by atoms with Gasteiger partial charge in [-0.2, -0.15) is 0 Å². The number of benzene rings is 1. The zero-order chi connectivity index (χ0) is 11.7. The predicted molar refractivity (Wildman–Crippen MR) is 63.5 cm³/mol. The Bertz CT molecular complexity index is 389. The molecule has 1 saturated carbocycles. The van der Waals surface area contributed by atoms with Gasteiger partial charge in [-0.25, -0.2) is 0 Å². The van der Waals surface area contributed by atoms with E-state index in [1.54, 1.807) is 0 Å². The summed E-state index contributed by atoms with van der Waals surface area (Å²) in [5.74, 6) is -0.390. The second kappa shape index (κ2) is 4.28. The Labute approximate surface area is 96.3 Å². The van der Waals surface area contributed by atoms with E-state index in [0.717, 1.165) is 19.3 Å². The van der Waals surface area contributed by atoms with Crippen molar-refractivity contribution >= 4 is 5.97 Å². The number of hydrogen-bond acceptors (Lipinski definition) is 1. The molecule has 0 radical (unpaired) electrons. The van der Waals surface area contributed by atoms with Crippen LogP contribution < -0.4 is 0 Å². The van der Waals surface area contributed by atoms with Crippen molar-refractivity contribution in [1.29, 1.82) is 0 Å². The summed E-state index contributed by atoms with van der Waals surface area (Å²) in [6.07, 6.45) is 2.84. The molecular formula is C14H18O2. The van der Waals surface area contributed by atoms with Gasteiger partial charge in [-0.05, 0) is 55.7 Å². The molecule has 1 aliphatic carbocycles. The SMILES string of the molecule is Cc1cccc(C)c1CC1CCC1C(=O)O. The summed E-state index contributed by atoms with van der Waals surface area (Å²) in [4.78, 5) is 11.0. The van der Waals surface area contributed by atoms with Gasteiger partial charge >= 0.3 is 5.97 Å². The van der Waals surface area contributed by atoms with E-state index in [1.807, 2.05) is 0 Å². The highest BCUT2D eigenvalue weighted by molar-refractivity contribution is 5.71. The molecule has 1 aromatic rings. The highest BCUT2D eigenvalue weighted by atomic mass is 16.4. The van der Waals surface area contributed by atoms with Crippen LogP contribution in [0.4, 0.5) is 0 Å². The zero-order valence-corrected chi connectivity index (χ0v) is 9.86. The third-order valence-corrected chi connectivity index (χ3v) is 3.85. The lowest BCUT2D eigenvalue weighted by Crippen LogP contribution is -2.34. The first-order valence-electron chi connectivity index (χ1n) is 5.87. The minimum absolute atomic E-state index is 0.112. The second-order valence-electron chi connectivity index (χ2n) is 4.86. The van der Waals surface area contributed by atoms with Crippen LogP contribution in [0.25, 0.3) is 0 Å². The fourth-order valence-electron chi connectivity index (χ4n) is 2.57. The number of rotatable bonds is 3. The average molecular weight is 218 g/mol. The molecular weight excluding hydrogens is 200 g/mol. The number of aliphatic carboxylic acids is 1. The molecule has 1 aliphatic rings. The molecule has 0 bridgehead atoms. The fraction of sp³-hybridized carbons (Fsp3) is 0.500. The standard InChI is InChI=1S/C14H18O2/c1-9-4-3-5-10(2)13(9)8-11-6-7-12(11)14(15)16/h3-5,11-12H,6-8H2,1-2H3,(H,15,16). The van der Waals surface area contributed by atoms with Crippen LogP contribution in [-0.4, -0.2) is 11.1 Å². The molecule has 0 heterocycles. The Morgan fingerprint density at radius 3 is 2.38 bits per heavy atom. The molecule has 2 atom stereocenters. The van der Waals surface area contributed by atoms with Crippen molar-refractivity contribution in [2.45, 2.75) is 33.1 Å². The van der Waals surface area contributed by atoms with E-state index in [-0.39, 0.29) is 5.92 Å². The van der Waals surface area contributed by atoms with Crippen LogP contribution >= 0.6 is 0 Å². The largest absolute Gasteiger partial charge is 0.481 e. The molecule has 2 heteroatoms. The average Bonchev–Trinajstić information content (AvgIpc) is 2.14. The predicted octanol–water partition coefficient (Wildman–Crippen LogP) is 2.96. The fourth-order valence-corrected chi connectivity index (χ4v) is 2.57. The highest BCUT2D eigenvalue weighted by Gasteiger charge is 2.36. The van der Waals surface area contributed by atoms with Crippen molar-refractivity contribution in [2.24, 2.45) is 11.8 Å². The van der Waals surface area contributed by atoms with Crippen LogP contribution in [0.2, 0.25) is 0 Å². The number of hydrogen-bond donors (Lipinski definition) is 1. The van der Waals surface area contributed by atoms with Crippen molar-refractivity contribution in [3.8, 4) is 0 Å². The van der Waals surface area contributed by atoms with Crippen LogP contribution in [0.3, 0.4) is 0 Å². The number of carboxylic acids is 1. The molecule has 1 fully saturated rings. The number of carbonyl (C=O) groups is 1. The number of carboxylic acid groups (broad SMARTS) is 1. The molecule has 1 aromatic carbocycles. The first-order valence-corrected chi connectivity index (χ1v) is 5.87. The normalized spacial score (nSPS) is 23.9. The van der Waals surface area contributed by atoms with E-state index in [4.69, 9.17) is 5.11 Å². The van der Waals surface area contributed by atoms with Crippen molar-refractivity contribution in [3.05, 3.63) is 34.9 Å². The summed E-state index contributed by atoms with van der Waals surface area (Å²) >= 11 is 0. The maximum Gasteiger partial charge on any atom is 0.306 e. The first kappa shape index (κ1) is 11.2. The Hall–Kier alpha value is -1.31. The molecule has 2 nitrogen and oxygen atoms in total. The Balaban J connectivity index is 2.13. The topological polar surface area (TPSA) is 37.3 Å². The van der Waals surface area contributed by atoms with Crippen LogP contribution in [0.1, 0.15) is 29.5 Å². The van der Waals surface area contributed by atoms with Gasteiger partial charge in [-0.1, -0.05) is 18.2 Å². The van der Waals surface area contributed by atoms with Gasteiger partial charge in [0.1, 0.15) is 0 Å². The first-order chi connectivity index (χ1) is 7.59. The second-order valence-corrected chi connectivity index (χ2v) is 4.86. The minimum atomic E-state index is -0.623. The van der Waals surface area contributed by atoms with Crippen LogP contribution in [0.15, 0.2) is 18.2 Å². The molecule has 0 spiro atoms. The van der Waals surface area contributed by atoms with Crippen molar-refractivity contribution in [3.63, 3.8) is 0 Å². The zero-order valence-electron chi connectivity index (χ0n) is 9.86. The van der Waals surface area contributed by atoms with E-state index in [9.17, 15) is 4.79 Å². The van der Waals surface area contributed by atoms with E-state index < -0.39 is 5.97 Å². The Morgan fingerprint density at radius 1 is 1.31 bits per heavy atom. The number of aryl methyl sites for hydroxylation is 2. The molecule has 0 saturated heterocycles. The smallest absolute Gasteiger partial charge is 0.306 e. The summed E-state index contributed by atoms with van der Waals surface area (Å²) in [6, 6.07) is 6.27. The maximum atomic E-state index is 11.0. The van der Waals surface area contributed by atoms with Gasteiger partial charge in [0.2, 0.25) is 0 Å². The van der Waals surface area contributed by atoms with Gasteiger partial charge in [-0.3, -0.25) is 4.79 Å². The van der Waals surface area contributed by atoms with Gasteiger partial charge in [0.25, 0.3) is 0 Å². The van der Waals surface area contributed by atoms with Gasteiger partial charge in [0, 0.05) is 0 Å². The lowest BCUT2D eigenvalue weighted by Gasteiger charge is -2.34. The van der Waals surface area contributed by atoms with Crippen molar-refractivity contribution in [1.82, 2.24) is 0 Å². The van der Waals surface area contributed by atoms with Crippen molar-refractivity contribution < 1.29 is 9.90 Å². The maximum absolute atomic E-state index is 11.0. The van der Waals surface area contributed by atoms with E-state index >= 15 is 0 Å². The summed E-state index contributed by atoms with van der Waals surface area (Å²) < 4.78 is 0. The molecule has 1 N–H and O–H groups in total. The van der Waals surface area contributed by atoms with Gasteiger partial charge in [0.05, 0.1) is 5.92 Å². The molecule has 2 unspecified atom stereocenters. The van der Waals surface area contributed by atoms with Crippen LogP contribution in [0.5, 0.6) is 0 Å². The highest BCUT2D eigenvalue weighted by Crippen LogP contribution is 2.37. The molecule has 0 aromatic heterocycles. The van der Waals surface area contributed by atoms with Crippen LogP contribution in [0, 0.1) is 25.7 Å². The van der Waals surface area contributed by atoms with Crippen LogP contribution in [-0.2, 0) is 11.2 Å². The molecule has 16 heavy (non-hydrogen) atoms. The third kappa shape index (κ3) is 1.97. The third-order valence-electron chi connectivity index (χ3n) is 3.85. The van der Waals surface area contributed by atoms with Gasteiger partial charge in [-0.15, -0.1) is 0 Å². The lowest BCUT2D eigenvalue weighted by molar-refractivity contribution is -0.147. The quantitative estimate of drug-likeness (QED) is 0.846. The summed E-state index contributed by atoms with van der Waals surface area (Å²) in [5.41, 5.74) is 3.92. The van der Waals surface area contributed by atoms with E-state index in [2.05, 4.69) is 32.0 Å². The monoisotopic (exact) mass is 218 g/mol. The minimum Gasteiger partial charge on any atom is -0.481 e. The van der Waals surface area contributed by atoms with E-state index in [0.29, 0.717) is 5.92 Å². The lowest BCUT2D eigenvalue weighted by atomic mass is 9.70. The molecule has 2 rings (SSSR count). The summed E-state index contributed by atoms with van der Waals surface area (Å²) in [6.45, 7) is 4.22. The van der Waals surface area contributed by atoms with E-state index in [1.165, 1.54) is 16.7 Å². The van der Waals surface area contributed by atoms with Crippen molar-refractivity contribution in [2.75, 3.05) is 0 Å². The summed E-state index contributed by atoms with van der Waals surface area (Å²) in [7, 11) is 0.